The van der Waals surface area contributed by atoms with E-state index in [0.717, 1.165) is 12.8 Å². The van der Waals surface area contributed by atoms with Crippen LogP contribution in [0.1, 0.15) is 19.8 Å². The predicted molar refractivity (Wildman–Crippen MR) is 61.1 cm³/mol. The summed E-state index contributed by atoms with van der Waals surface area (Å²) in [5.41, 5.74) is 0. The zero-order valence-corrected chi connectivity index (χ0v) is 9.80. The van der Waals surface area contributed by atoms with Crippen LogP contribution in [-0.4, -0.2) is 23.0 Å². The van der Waals surface area contributed by atoms with Crippen molar-refractivity contribution in [2.75, 3.05) is 0 Å². The normalized spacial score (nSPS) is 45.9. The van der Waals surface area contributed by atoms with E-state index in [-0.39, 0.29) is 29.7 Å². The molecular formula is C13H17NO3. The predicted octanol–water partition coefficient (Wildman–Crippen LogP) is 1.03. The molecule has 0 radical (unpaired) electrons. The lowest BCUT2D eigenvalue weighted by molar-refractivity contribution is -0.147. The van der Waals surface area contributed by atoms with Gasteiger partial charge in [-0.1, -0.05) is 19.1 Å². The van der Waals surface area contributed by atoms with Gasteiger partial charge in [0.1, 0.15) is 0 Å². The maximum atomic E-state index is 12.1. The van der Waals surface area contributed by atoms with E-state index in [4.69, 9.17) is 0 Å². The first-order valence-electron chi connectivity index (χ1n) is 6.29. The Morgan fingerprint density at radius 1 is 1.18 bits per heavy atom. The van der Waals surface area contributed by atoms with Crippen LogP contribution in [0.5, 0.6) is 0 Å². The molecule has 4 heteroatoms. The first-order valence-corrected chi connectivity index (χ1v) is 6.29. The molecular weight excluding hydrogens is 218 g/mol. The van der Waals surface area contributed by atoms with Crippen molar-refractivity contribution in [3.8, 4) is 0 Å². The van der Waals surface area contributed by atoms with Crippen molar-refractivity contribution >= 4 is 11.9 Å². The number of nitrogens with one attached hydrogen (secondary N) is 1. The number of carbonyl (C=O) groups is 2. The highest BCUT2D eigenvalue weighted by molar-refractivity contribution is 5.87. The first-order chi connectivity index (χ1) is 8.08. The summed E-state index contributed by atoms with van der Waals surface area (Å²) in [6, 6.07) is 0.278. The van der Waals surface area contributed by atoms with Crippen LogP contribution >= 0.6 is 0 Å². The molecule has 0 aromatic carbocycles. The van der Waals surface area contributed by atoms with Crippen LogP contribution in [0.3, 0.4) is 0 Å². The van der Waals surface area contributed by atoms with Crippen molar-refractivity contribution in [3.05, 3.63) is 12.2 Å². The van der Waals surface area contributed by atoms with Crippen molar-refractivity contribution in [1.29, 1.82) is 0 Å². The van der Waals surface area contributed by atoms with Crippen LogP contribution in [0.2, 0.25) is 0 Å². The largest absolute Gasteiger partial charge is 0.481 e. The molecule has 0 aromatic heterocycles. The van der Waals surface area contributed by atoms with Gasteiger partial charge >= 0.3 is 5.97 Å². The van der Waals surface area contributed by atoms with E-state index < -0.39 is 11.9 Å². The van der Waals surface area contributed by atoms with Crippen molar-refractivity contribution < 1.29 is 14.7 Å². The van der Waals surface area contributed by atoms with E-state index in [9.17, 15) is 14.7 Å². The average molecular weight is 235 g/mol. The number of carboxylic acids is 1. The number of hydrogen-bond donors (Lipinski definition) is 2. The number of carboxylic acid groups (broad SMARTS) is 1. The molecule has 2 N–H and O–H groups in total. The molecule has 3 aliphatic rings. The fraction of sp³-hybridized carbons (Fsp3) is 0.692. The lowest BCUT2D eigenvalue weighted by Crippen LogP contribution is -2.41. The number of carbonyl (C=O) groups excluding carboxylic acids is 1. The third-order valence-electron chi connectivity index (χ3n) is 4.48. The third kappa shape index (κ3) is 1.66. The summed E-state index contributed by atoms with van der Waals surface area (Å²) in [5.74, 6) is -1.000. The molecule has 0 saturated heterocycles. The SMILES string of the molecule is CC1CC1NC(=O)C1C2C=CC(C2)C1C(=O)O. The van der Waals surface area contributed by atoms with Crippen LogP contribution in [0, 0.1) is 29.6 Å². The smallest absolute Gasteiger partial charge is 0.307 e. The van der Waals surface area contributed by atoms with Crippen molar-refractivity contribution in [2.24, 2.45) is 29.6 Å². The monoisotopic (exact) mass is 235 g/mol. The van der Waals surface area contributed by atoms with Gasteiger partial charge < -0.3 is 10.4 Å². The second-order valence-corrected chi connectivity index (χ2v) is 5.67. The molecule has 1 amide bonds. The molecule has 0 aromatic rings. The highest BCUT2D eigenvalue weighted by Gasteiger charge is 2.52. The van der Waals surface area contributed by atoms with Crippen LogP contribution in [0.15, 0.2) is 12.2 Å². The number of allylic oxidation sites excluding steroid dienone is 2. The van der Waals surface area contributed by atoms with Crippen LogP contribution in [-0.2, 0) is 9.59 Å². The average Bonchev–Trinajstić information content (AvgIpc) is 2.73. The summed E-state index contributed by atoms with van der Waals surface area (Å²) in [5, 5.41) is 12.2. The summed E-state index contributed by atoms with van der Waals surface area (Å²) in [6.45, 7) is 2.10. The molecule has 6 atom stereocenters. The van der Waals surface area contributed by atoms with E-state index in [1.807, 2.05) is 12.2 Å². The topological polar surface area (TPSA) is 66.4 Å². The Kier molecular flexibility index (Phi) is 2.28. The second kappa shape index (κ2) is 3.59. The summed E-state index contributed by atoms with van der Waals surface area (Å²) in [6.07, 6.45) is 5.84. The minimum absolute atomic E-state index is 0.0522. The Labute approximate surface area is 100 Å². The minimum Gasteiger partial charge on any atom is -0.481 e. The van der Waals surface area contributed by atoms with Crippen molar-refractivity contribution in [3.63, 3.8) is 0 Å². The van der Waals surface area contributed by atoms with Gasteiger partial charge in [0.05, 0.1) is 11.8 Å². The van der Waals surface area contributed by atoms with Gasteiger partial charge in [-0.25, -0.2) is 0 Å². The Morgan fingerprint density at radius 3 is 2.29 bits per heavy atom. The Morgan fingerprint density at radius 2 is 1.76 bits per heavy atom. The van der Waals surface area contributed by atoms with E-state index in [1.165, 1.54) is 0 Å². The zero-order chi connectivity index (χ0) is 12.2. The fourth-order valence-electron chi connectivity index (χ4n) is 3.32. The van der Waals surface area contributed by atoms with Crippen LogP contribution in [0.25, 0.3) is 0 Å². The highest BCUT2D eigenvalue weighted by Crippen LogP contribution is 2.48. The lowest BCUT2D eigenvalue weighted by Gasteiger charge is -2.23. The van der Waals surface area contributed by atoms with Gasteiger partial charge in [-0.3, -0.25) is 9.59 Å². The van der Waals surface area contributed by atoms with Gasteiger partial charge in [-0.05, 0) is 30.6 Å². The number of rotatable bonds is 3. The maximum absolute atomic E-state index is 12.1. The summed E-state index contributed by atoms with van der Waals surface area (Å²) >= 11 is 0. The molecule has 4 nitrogen and oxygen atoms in total. The molecule has 92 valence electrons. The standard InChI is InChI=1S/C13H17NO3/c1-6-4-9(6)14-12(15)10-7-2-3-8(5-7)11(10)13(16)17/h2-3,6-11H,4-5H2,1H3,(H,14,15)(H,16,17). The van der Waals surface area contributed by atoms with Crippen LogP contribution < -0.4 is 5.32 Å². The molecule has 17 heavy (non-hydrogen) atoms. The number of fused-ring (bicyclic) bond motifs is 2. The second-order valence-electron chi connectivity index (χ2n) is 5.67. The maximum Gasteiger partial charge on any atom is 0.307 e. The molecule has 2 fully saturated rings. The molecule has 2 bridgehead atoms. The van der Waals surface area contributed by atoms with Crippen molar-refractivity contribution in [1.82, 2.24) is 5.32 Å². The molecule has 3 aliphatic carbocycles. The van der Waals surface area contributed by atoms with Crippen molar-refractivity contribution in [2.45, 2.75) is 25.8 Å². The van der Waals surface area contributed by atoms with Crippen LogP contribution in [0.4, 0.5) is 0 Å². The number of aliphatic carboxylic acids is 1. The van der Waals surface area contributed by atoms with E-state index in [1.54, 1.807) is 0 Å². The van der Waals surface area contributed by atoms with E-state index >= 15 is 0 Å². The molecule has 0 spiro atoms. The van der Waals surface area contributed by atoms with Gasteiger partial charge in [0.2, 0.25) is 5.91 Å². The van der Waals surface area contributed by atoms with E-state index in [0.29, 0.717) is 5.92 Å². The summed E-state index contributed by atoms with van der Waals surface area (Å²) in [4.78, 5) is 23.4. The minimum atomic E-state index is -0.828. The number of amides is 1. The molecule has 3 rings (SSSR count). The highest BCUT2D eigenvalue weighted by atomic mass is 16.4. The summed E-state index contributed by atoms with van der Waals surface area (Å²) in [7, 11) is 0. The molecule has 0 aliphatic heterocycles. The van der Waals surface area contributed by atoms with E-state index in [2.05, 4.69) is 12.2 Å². The Hall–Kier alpha value is -1.32. The first kappa shape index (κ1) is 10.8. The molecule has 6 unspecified atom stereocenters. The van der Waals surface area contributed by atoms with Gasteiger partial charge in [0.25, 0.3) is 0 Å². The molecule has 2 saturated carbocycles. The van der Waals surface area contributed by atoms with Gasteiger partial charge in [-0.2, -0.15) is 0 Å². The lowest BCUT2D eigenvalue weighted by atomic mass is 9.82. The summed E-state index contributed by atoms with van der Waals surface area (Å²) < 4.78 is 0. The quantitative estimate of drug-likeness (QED) is 0.718. The zero-order valence-electron chi connectivity index (χ0n) is 9.80. The third-order valence-corrected chi connectivity index (χ3v) is 4.48. The Balaban J connectivity index is 1.74. The van der Waals surface area contributed by atoms with Gasteiger partial charge in [-0.15, -0.1) is 0 Å². The van der Waals surface area contributed by atoms with Gasteiger partial charge in [0.15, 0.2) is 0 Å². The number of hydrogen-bond acceptors (Lipinski definition) is 2. The molecule has 0 heterocycles. The van der Waals surface area contributed by atoms with Gasteiger partial charge in [0, 0.05) is 6.04 Å². The fourth-order valence-corrected chi connectivity index (χ4v) is 3.32. The Bertz CT molecular complexity index is 403.